The maximum atomic E-state index is 5.99. The molecule has 0 radical (unpaired) electrons. The molecule has 0 spiro atoms. The van der Waals surface area contributed by atoms with Crippen LogP contribution in [0.5, 0.6) is 0 Å². The Labute approximate surface area is 141 Å². The monoisotopic (exact) mass is 368 g/mol. The molecule has 0 aliphatic carbocycles. The summed E-state index contributed by atoms with van der Waals surface area (Å²) < 4.78 is 8.79. The minimum atomic E-state index is 0.610. The molecular formula is C17H13BrN4O. The van der Waals surface area contributed by atoms with Crippen molar-refractivity contribution >= 4 is 27.0 Å². The number of aryl methyl sites for hydroxylation is 1. The molecule has 4 aromatic rings. The molecule has 0 N–H and O–H groups in total. The van der Waals surface area contributed by atoms with Gasteiger partial charge in [-0.05, 0) is 65.2 Å². The lowest BCUT2D eigenvalue weighted by molar-refractivity contribution is 0.617. The van der Waals surface area contributed by atoms with Gasteiger partial charge in [-0.3, -0.25) is 4.57 Å². The highest BCUT2D eigenvalue weighted by Crippen LogP contribution is 2.33. The molecule has 5 nitrogen and oxygen atoms in total. The predicted molar refractivity (Wildman–Crippen MR) is 91.5 cm³/mol. The molecule has 0 bridgehead atoms. The highest BCUT2D eigenvalue weighted by molar-refractivity contribution is 9.10. The molecule has 2 aromatic carbocycles. The SMILES string of the molecule is Cc1cc(Br)c2oc(-c3cccc(-n4cnnc4)c3C)nc2c1. The molecule has 0 atom stereocenters. The molecule has 2 aromatic heterocycles. The topological polar surface area (TPSA) is 56.7 Å². The Morgan fingerprint density at radius 3 is 2.65 bits per heavy atom. The van der Waals surface area contributed by atoms with E-state index in [4.69, 9.17) is 4.42 Å². The second-order valence-electron chi connectivity index (χ2n) is 5.43. The van der Waals surface area contributed by atoms with Crippen LogP contribution in [0.3, 0.4) is 0 Å². The second-order valence-corrected chi connectivity index (χ2v) is 6.29. The summed E-state index contributed by atoms with van der Waals surface area (Å²) in [4.78, 5) is 4.65. The Bertz CT molecular complexity index is 1010. The highest BCUT2D eigenvalue weighted by atomic mass is 79.9. The summed E-state index contributed by atoms with van der Waals surface area (Å²) in [6, 6.07) is 10.1. The molecule has 0 fully saturated rings. The summed E-state index contributed by atoms with van der Waals surface area (Å²) >= 11 is 3.54. The van der Waals surface area contributed by atoms with E-state index in [1.165, 1.54) is 0 Å². The summed E-state index contributed by atoms with van der Waals surface area (Å²) in [6.07, 6.45) is 3.36. The van der Waals surface area contributed by atoms with Gasteiger partial charge < -0.3 is 4.42 Å². The zero-order valence-corrected chi connectivity index (χ0v) is 14.2. The number of rotatable bonds is 2. The summed E-state index contributed by atoms with van der Waals surface area (Å²) in [6.45, 7) is 4.08. The van der Waals surface area contributed by atoms with Crippen molar-refractivity contribution in [1.82, 2.24) is 19.7 Å². The van der Waals surface area contributed by atoms with E-state index >= 15 is 0 Å². The van der Waals surface area contributed by atoms with Crippen molar-refractivity contribution in [3.63, 3.8) is 0 Å². The van der Waals surface area contributed by atoms with Crippen molar-refractivity contribution in [3.05, 3.63) is 58.6 Å². The van der Waals surface area contributed by atoms with Crippen LogP contribution in [0, 0.1) is 13.8 Å². The van der Waals surface area contributed by atoms with E-state index < -0.39 is 0 Å². The second kappa shape index (κ2) is 5.31. The van der Waals surface area contributed by atoms with E-state index in [0.717, 1.165) is 38.0 Å². The zero-order valence-electron chi connectivity index (χ0n) is 12.6. The standard InChI is InChI=1S/C17H13BrN4O/c1-10-6-13(18)16-14(7-10)21-17(23-16)12-4-3-5-15(11(12)2)22-8-19-20-9-22/h3-9H,1-2H3. The minimum Gasteiger partial charge on any atom is -0.435 e. The first kappa shape index (κ1) is 14.1. The summed E-state index contributed by atoms with van der Waals surface area (Å²) in [5.74, 6) is 0.610. The molecule has 0 aliphatic rings. The van der Waals surface area contributed by atoms with Gasteiger partial charge in [0.15, 0.2) is 5.58 Å². The van der Waals surface area contributed by atoms with Crippen LogP contribution in [0.2, 0.25) is 0 Å². The van der Waals surface area contributed by atoms with E-state index in [2.05, 4.69) is 31.1 Å². The molecule has 0 saturated carbocycles. The fourth-order valence-corrected chi connectivity index (χ4v) is 3.34. The maximum absolute atomic E-state index is 5.99. The lowest BCUT2D eigenvalue weighted by Gasteiger charge is -2.08. The Kier molecular flexibility index (Phi) is 3.27. The number of hydrogen-bond acceptors (Lipinski definition) is 4. The molecule has 6 heteroatoms. The van der Waals surface area contributed by atoms with Crippen LogP contribution in [-0.2, 0) is 0 Å². The average Bonchev–Trinajstić information content (AvgIpc) is 3.16. The number of fused-ring (bicyclic) bond motifs is 1. The molecule has 4 rings (SSSR count). The third-order valence-electron chi connectivity index (χ3n) is 3.82. The smallest absolute Gasteiger partial charge is 0.227 e. The van der Waals surface area contributed by atoms with Crippen molar-refractivity contribution in [2.24, 2.45) is 0 Å². The van der Waals surface area contributed by atoms with Crippen LogP contribution in [-0.4, -0.2) is 19.7 Å². The number of benzene rings is 2. The van der Waals surface area contributed by atoms with Gasteiger partial charge in [0.05, 0.1) is 10.2 Å². The molecule has 2 heterocycles. The normalized spacial score (nSPS) is 11.3. The molecular weight excluding hydrogens is 356 g/mol. The highest BCUT2D eigenvalue weighted by Gasteiger charge is 2.15. The van der Waals surface area contributed by atoms with Crippen molar-refractivity contribution in [1.29, 1.82) is 0 Å². The third kappa shape index (κ3) is 2.35. The maximum Gasteiger partial charge on any atom is 0.227 e. The van der Waals surface area contributed by atoms with Crippen LogP contribution in [0.4, 0.5) is 0 Å². The van der Waals surface area contributed by atoms with Gasteiger partial charge in [0, 0.05) is 5.56 Å². The van der Waals surface area contributed by atoms with Crippen molar-refractivity contribution in [2.45, 2.75) is 13.8 Å². The van der Waals surface area contributed by atoms with Crippen LogP contribution in [0.25, 0.3) is 28.2 Å². The van der Waals surface area contributed by atoms with Crippen LogP contribution in [0.1, 0.15) is 11.1 Å². The van der Waals surface area contributed by atoms with Gasteiger partial charge in [-0.1, -0.05) is 6.07 Å². The number of hydrogen-bond donors (Lipinski definition) is 0. The zero-order chi connectivity index (χ0) is 16.0. The summed E-state index contributed by atoms with van der Waals surface area (Å²) in [5.41, 5.74) is 5.77. The fourth-order valence-electron chi connectivity index (χ4n) is 2.70. The van der Waals surface area contributed by atoms with Gasteiger partial charge in [-0.15, -0.1) is 10.2 Å². The van der Waals surface area contributed by atoms with Gasteiger partial charge in [-0.25, -0.2) is 4.98 Å². The Balaban J connectivity index is 1.91. The van der Waals surface area contributed by atoms with Crippen molar-refractivity contribution < 1.29 is 4.42 Å². The Morgan fingerprint density at radius 2 is 1.87 bits per heavy atom. The molecule has 0 saturated heterocycles. The van der Waals surface area contributed by atoms with Gasteiger partial charge in [0.2, 0.25) is 5.89 Å². The summed E-state index contributed by atoms with van der Waals surface area (Å²) in [7, 11) is 0. The largest absolute Gasteiger partial charge is 0.435 e. The molecule has 114 valence electrons. The molecule has 23 heavy (non-hydrogen) atoms. The first-order valence-electron chi connectivity index (χ1n) is 7.15. The van der Waals surface area contributed by atoms with E-state index in [0.29, 0.717) is 5.89 Å². The van der Waals surface area contributed by atoms with E-state index in [1.54, 1.807) is 12.7 Å². The molecule has 0 unspecified atom stereocenters. The Hall–Kier alpha value is -2.47. The molecule has 0 aliphatic heterocycles. The summed E-state index contributed by atoms with van der Waals surface area (Å²) in [5, 5.41) is 7.73. The van der Waals surface area contributed by atoms with Crippen LogP contribution < -0.4 is 0 Å². The van der Waals surface area contributed by atoms with Crippen LogP contribution in [0.15, 0.2) is 51.9 Å². The van der Waals surface area contributed by atoms with E-state index in [1.807, 2.05) is 48.7 Å². The van der Waals surface area contributed by atoms with Crippen molar-refractivity contribution in [3.8, 4) is 17.1 Å². The predicted octanol–water partition coefficient (Wildman–Crippen LogP) is 4.45. The van der Waals surface area contributed by atoms with Crippen molar-refractivity contribution in [2.75, 3.05) is 0 Å². The third-order valence-corrected chi connectivity index (χ3v) is 4.41. The molecule has 0 amide bonds. The van der Waals surface area contributed by atoms with E-state index in [9.17, 15) is 0 Å². The van der Waals surface area contributed by atoms with Gasteiger partial charge in [0.1, 0.15) is 18.2 Å². The number of oxazole rings is 1. The average molecular weight is 369 g/mol. The van der Waals surface area contributed by atoms with Gasteiger partial charge in [-0.2, -0.15) is 0 Å². The van der Waals surface area contributed by atoms with Gasteiger partial charge >= 0.3 is 0 Å². The Morgan fingerprint density at radius 1 is 1.09 bits per heavy atom. The number of nitrogens with zero attached hydrogens (tertiary/aromatic N) is 4. The first-order valence-corrected chi connectivity index (χ1v) is 7.94. The van der Waals surface area contributed by atoms with Crippen LogP contribution >= 0.6 is 15.9 Å². The first-order chi connectivity index (χ1) is 11.1. The fraction of sp³-hybridized carbons (Fsp3) is 0.118. The van der Waals surface area contributed by atoms with Gasteiger partial charge in [0.25, 0.3) is 0 Å². The number of halogens is 1. The lowest BCUT2D eigenvalue weighted by Crippen LogP contribution is -1.96. The lowest BCUT2D eigenvalue weighted by atomic mass is 10.1. The van der Waals surface area contributed by atoms with E-state index in [-0.39, 0.29) is 0 Å². The number of aromatic nitrogens is 4. The minimum absolute atomic E-state index is 0.610. The quantitative estimate of drug-likeness (QED) is 0.524.